The summed E-state index contributed by atoms with van der Waals surface area (Å²) in [6.45, 7) is 0.122. The van der Waals surface area contributed by atoms with Crippen LogP contribution in [0, 0.1) is 0 Å². The Morgan fingerprint density at radius 2 is 2.12 bits per heavy atom. The number of aliphatic carboxylic acids is 1. The van der Waals surface area contributed by atoms with Gasteiger partial charge >= 0.3 is 5.97 Å². The quantitative estimate of drug-likeness (QED) is 0.673. The summed E-state index contributed by atoms with van der Waals surface area (Å²) in [4.78, 5) is 43.9. The number of amides is 1. The van der Waals surface area contributed by atoms with Gasteiger partial charge in [0.15, 0.2) is 0 Å². The average molecular weight is 381 g/mol. The molecule has 0 atom stereocenters. The van der Waals surface area contributed by atoms with E-state index in [4.69, 9.17) is 5.11 Å². The maximum atomic E-state index is 12.4. The van der Waals surface area contributed by atoms with E-state index in [1.54, 1.807) is 11.3 Å². The molecular weight excluding hydrogens is 362 g/mol. The molecule has 2 aromatic heterocycles. The summed E-state index contributed by atoms with van der Waals surface area (Å²) >= 11 is 2.94. The highest BCUT2D eigenvalue weighted by atomic mass is 32.2. The molecule has 0 bridgehead atoms. The van der Waals surface area contributed by atoms with Crippen LogP contribution in [0.1, 0.15) is 35.5 Å². The fourth-order valence-corrected chi connectivity index (χ4v) is 4.88. The van der Waals surface area contributed by atoms with Crippen LogP contribution in [0.5, 0.6) is 0 Å². The molecule has 0 unspecified atom stereocenters. The van der Waals surface area contributed by atoms with Crippen molar-refractivity contribution in [1.29, 1.82) is 0 Å². The zero-order valence-corrected chi connectivity index (χ0v) is 15.2. The fraction of sp³-hybridized carbons (Fsp3) is 0.500. The molecule has 7 nitrogen and oxygen atoms in total. The normalized spacial score (nSPS) is 13.6. The van der Waals surface area contributed by atoms with Crippen molar-refractivity contribution in [2.45, 2.75) is 37.9 Å². The van der Waals surface area contributed by atoms with Gasteiger partial charge in [-0.15, -0.1) is 23.1 Å². The smallest absolute Gasteiger partial charge is 0.305 e. The van der Waals surface area contributed by atoms with Gasteiger partial charge in [-0.3, -0.25) is 14.4 Å². The molecule has 1 aliphatic carbocycles. The molecular formula is C16H19N3O4S2. The lowest BCUT2D eigenvalue weighted by molar-refractivity contribution is -0.136. The third-order valence-electron chi connectivity index (χ3n) is 4.01. The van der Waals surface area contributed by atoms with E-state index in [-0.39, 0.29) is 30.2 Å². The van der Waals surface area contributed by atoms with Crippen molar-refractivity contribution >= 4 is 45.2 Å². The van der Waals surface area contributed by atoms with Crippen LogP contribution in [0.25, 0.3) is 10.2 Å². The minimum absolute atomic E-state index is 0.0918. The number of carboxylic acids is 1. The Morgan fingerprint density at radius 3 is 2.92 bits per heavy atom. The van der Waals surface area contributed by atoms with Crippen LogP contribution in [0.15, 0.2) is 4.79 Å². The molecule has 2 heterocycles. The second kappa shape index (κ2) is 8.01. The van der Waals surface area contributed by atoms with Crippen molar-refractivity contribution in [3.63, 3.8) is 0 Å². The van der Waals surface area contributed by atoms with Gasteiger partial charge in [0.25, 0.3) is 5.56 Å². The van der Waals surface area contributed by atoms with E-state index in [0.717, 1.165) is 41.5 Å². The number of nitrogens with one attached hydrogen (secondary N) is 2. The lowest BCUT2D eigenvalue weighted by atomic mass is 9.97. The molecule has 0 saturated heterocycles. The molecule has 0 spiro atoms. The maximum absolute atomic E-state index is 12.4. The Labute approximate surface area is 152 Å². The molecule has 25 heavy (non-hydrogen) atoms. The minimum Gasteiger partial charge on any atom is -0.481 e. The summed E-state index contributed by atoms with van der Waals surface area (Å²) in [5, 5.41) is 11.8. The number of fused-ring (bicyclic) bond motifs is 3. The van der Waals surface area contributed by atoms with Gasteiger partial charge in [-0.2, -0.15) is 0 Å². The van der Waals surface area contributed by atoms with Gasteiger partial charge in [0.1, 0.15) is 10.7 Å². The summed E-state index contributed by atoms with van der Waals surface area (Å²) < 4.78 is 0. The van der Waals surface area contributed by atoms with E-state index in [1.165, 1.54) is 16.6 Å². The Bertz CT molecular complexity index is 859. The fourth-order valence-electron chi connectivity index (χ4n) is 2.88. The molecule has 1 amide bonds. The van der Waals surface area contributed by atoms with Crippen LogP contribution in [0.2, 0.25) is 0 Å². The highest BCUT2D eigenvalue weighted by Crippen LogP contribution is 2.33. The molecule has 3 rings (SSSR count). The highest BCUT2D eigenvalue weighted by molar-refractivity contribution is 7.99. The first-order chi connectivity index (χ1) is 12.0. The molecule has 134 valence electrons. The van der Waals surface area contributed by atoms with Crippen LogP contribution >= 0.6 is 23.1 Å². The largest absolute Gasteiger partial charge is 0.481 e. The number of carbonyl (C=O) groups is 2. The van der Waals surface area contributed by atoms with Crippen molar-refractivity contribution in [3.05, 3.63) is 26.6 Å². The van der Waals surface area contributed by atoms with Crippen molar-refractivity contribution < 1.29 is 14.7 Å². The third-order valence-corrected chi connectivity index (χ3v) is 6.14. The standard InChI is InChI=1S/C16H19N3O4S2/c20-12(17-6-5-13(21)22)8-24-7-11-18-15(23)14-9-3-1-2-4-10(9)25-16(14)19-11/h1-8H2,(H,17,20)(H,21,22)(H,18,19,23). The number of rotatable bonds is 7. The summed E-state index contributed by atoms with van der Waals surface area (Å²) in [7, 11) is 0. The first kappa shape index (κ1) is 17.9. The Morgan fingerprint density at radius 1 is 1.32 bits per heavy atom. The molecule has 1 aliphatic rings. The molecule has 2 aromatic rings. The van der Waals surface area contributed by atoms with Gasteiger partial charge in [0.05, 0.1) is 23.3 Å². The number of aromatic amines is 1. The second-order valence-electron chi connectivity index (χ2n) is 5.89. The zero-order valence-electron chi connectivity index (χ0n) is 13.6. The molecule has 0 aromatic carbocycles. The highest BCUT2D eigenvalue weighted by Gasteiger charge is 2.19. The van der Waals surface area contributed by atoms with Crippen LogP contribution in [-0.4, -0.2) is 39.2 Å². The monoisotopic (exact) mass is 381 g/mol. The molecule has 0 radical (unpaired) electrons. The van der Waals surface area contributed by atoms with E-state index < -0.39 is 5.97 Å². The second-order valence-corrected chi connectivity index (χ2v) is 7.96. The Balaban J connectivity index is 1.60. The summed E-state index contributed by atoms with van der Waals surface area (Å²) in [6, 6.07) is 0. The first-order valence-corrected chi connectivity index (χ1v) is 10.1. The lowest BCUT2D eigenvalue weighted by Crippen LogP contribution is -2.27. The molecule has 0 fully saturated rings. The number of carbonyl (C=O) groups excluding carboxylic acids is 1. The van der Waals surface area contributed by atoms with Crippen molar-refractivity contribution in [1.82, 2.24) is 15.3 Å². The van der Waals surface area contributed by atoms with Crippen LogP contribution in [-0.2, 0) is 28.2 Å². The summed E-state index contributed by atoms with van der Waals surface area (Å²) in [5.74, 6) is 0.0324. The van der Waals surface area contributed by atoms with Gasteiger partial charge in [0.2, 0.25) is 5.91 Å². The van der Waals surface area contributed by atoms with E-state index in [0.29, 0.717) is 11.6 Å². The number of aryl methyl sites for hydroxylation is 2. The maximum Gasteiger partial charge on any atom is 0.305 e. The summed E-state index contributed by atoms with van der Waals surface area (Å²) in [5.41, 5.74) is 1.07. The third kappa shape index (κ3) is 4.40. The Kier molecular flexibility index (Phi) is 5.74. The van der Waals surface area contributed by atoms with Crippen LogP contribution < -0.4 is 10.9 Å². The number of thiophene rings is 1. The zero-order chi connectivity index (χ0) is 17.8. The molecule has 3 N–H and O–H groups in total. The number of aromatic nitrogens is 2. The van der Waals surface area contributed by atoms with E-state index in [2.05, 4.69) is 15.3 Å². The number of hydrogen-bond donors (Lipinski definition) is 3. The number of nitrogens with zero attached hydrogens (tertiary/aromatic N) is 1. The van der Waals surface area contributed by atoms with Gasteiger partial charge in [0, 0.05) is 11.4 Å². The number of hydrogen-bond acceptors (Lipinski definition) is 6. The number of thioether (sulfide) groups is 1. The lowest BCUT2D eigenvalue weighted by Gasteiger charge is -2.09. The number of carboxylic acid groups (broad SMARTS) is 1. The van der Waals surface area contributed by atoms with Gasteiger partial charge in [-0.25, -0.2) is 4.98 Å². The predicted molar refractivity (Wildman–Crippen MR) is 98.3 cm³/mol. The predicted octanol–water partition coefficient (Wildman–Crippen LogP) is 1.69. The number of H-pyrrole nitrogens is 1. The van der Waals surface area contributed by atoms with Crippen molar-refractivity contribution in [3.8, 4) is 0 Å². The first-order valence-electron chi connectivity index (χ1n) is 8.14. The topological polar surface area (TPSA) is 112 Å². The van der Waals surface area contributed by atoms with Gasteiger partial charge in [-0.1, -0.05) is 0 Å². The van der Waals surface area contributed by atoms with E-state index >= 15 is 0 Å². The molecule has 0 saturated carbocycles. The van der Waals surface area contributed by atoms with Gasteiger partial charge < -0.3 is 15.4 Å². The van der Waals surface area contributed by atoms with E-state index in [1.807, 2.05) is 0 Å². The Hall–Kier alpha value is -1.87. The van der Waals surface area contributed by atoms with E-state index in [9.17, 15) is 14.4 Å². The van der Waals surface area contributed by atoms with Crippen molar-refractivity contribution in [2.75, 3.05) is 12.3 Å². The van der Waals surface area contributed by atoms with Crippen LogP contribution in [0.3, 0.4) is 0 Å². The molecule has 9 heteroatoms. The summed E-state index contributed by atoms with van der Waals surface area (Å²) in [6.07, 6.45) is 4.16. The minimum atomic E-state index is -0.943. The van der Waals surface area contributed by atoms with Crippen LogP contribution in [0.4, 0.5) is 0 Å². The SMILES string of the molecule is O=C(O)CCNC(=O)CSCc1nc2sc3c(c2c(=O)[nH]1)CCCC3. The van der Waals surface area contributed by atoms with Crippen molar-refractivity contribution in [2.24, 2.45) is 0 Å². The average Bonchev–Trinajstić information content (AvgIpc) is 2.93. The molecule has 0 aliphatic heterocycles. The van der Waals surface area contributed by atoms with Gasteiger partial charge in [-0.05, 0) is 31.2 Å².